The topological polar surface area (TPSA) is 49.9 Å². The largest absolute Gasteiger partial charge is 0.497 e. The van der Waals surface area contributed by atoms with Crippen LogP contribution in [0.2, 0.25) is 0 Å². The van der Waals surface area contributed by atoms with Crippen LogP contribution in [-0.2, 0) is 0 Å². The van der Waals surface area contributed by atoms with Crippen molar-refractivity contribution in [2.45, 2.75) is 0 Å². The third-order valence-electron chi connectivity index (χ3n) is 2.78. The van der Waals surface area contributed by atoms with Gasteiger partial charge in [0.1, 0.15) is 11.4 Å². The number of aromatic nitrogens is 2. The van der Waals surface area contributed by atoms with Gasteiger partial charge in [0.25, 0.3) is 0 Å². The van der Waals surface area contributed by atoms with E-state index in [1.54, 1.807) is 7.11 Å². The highest BCUT2D eigenvalue weighted by molar-refractivity contribution is 5.80. The molecule has 0 saturated heterocycles. The molecule has 0 aliphatic heterocycles. The van der Waals surface area contributed by atoms with E-state index in [9.17, 15) is 0 Å². The van der Waals surface area contributed by atoms with Gasteiger partial charge >= 0.3 is 0 Å². The summed E-state index contributed by atoms with van der Waals surface area (Å²) in [5, 5.41) is 4.40. The number of H-pyrrole nitrogens is 1. The van der Waals surface area contributed by atoms with Crippen molar-refractivity contribution in [2.24, 2.45) is 0 Å². The van der Waals surface area contributed by atoms with Gasteiger partial charge in [-0.25, -0.2) is 4.98 Å². The SMILES string of the molecule is COc1ccc(Nc2cnc3[nH]ccc3c2)cc1. The number of nitrogens with one attached hydrogen (secondary N) is 2. The maximum atomic E-state index is 5.12. The first kappa shape index (κ1) is 10.7. The number of nitrogens with zero attached hydrogens (tertiary/aromatic N) is 1. The lowest BCUT2D eigenvalue weighted by Gasteiger charge is -2.07. The van der Waals surface area contributed by atoms with E-state index >= 15 is 0 Å². The monoisotopic (exact) mass is 239 g/mol. The van der Waals surface area contributed by atoms with Gasteiger partial charge in [0.15, 0.2) is 0 Å². The first-order valence-corrected chi connectivity index (χ1v) is 5.69. The summed E-state index contributed by atoms with van der Waals surface area (Å²) >= 11 is 0. The van der Waals surface area contributed by atoms with E-state index in [4.69, 9.17) is 4.74 Å². The van der Waals surface area contributed by atoms with Gasteiger partial charge in [-0.3, -0.25) is 0 Å². The number of rotatable bonds is 3. The minimum atomic E-state index is 0.847. The van der Waals surface area contributed by atoms with Gasteiger partial charge in [-0.15, -0.1) is 0 Å². The molecule has 3 aromatic rings. The van der Waals surface area contributed by atoms with Crippen molar-refractivity contribution < 1.29 is 4.74 Å². The normalized spacial score (nSPS) is 10.5. The molecule has 3 rings (SSSR count). The Morgan fingerprint density at radius 1 is 1.11 bits per heavy atom. The second-order valence-electron chi connectivity index (χ2n) is 3.99. The summed E-state index contributed by atoms with van der Waals surface area (Å²) in [5.74, 6) is 0.847. The van der Waals surface area contributed by atoms with Gasteiger partial charge in [0.05, 0.1) is 19.0 Å². The Morgan fingerprint density at radius 3 is 2.72 bits per heavy atom. The molecule has 2 N–H and O–H groups in total. The Kier molecular flexibility index (Phi) is 2.61. The van der Waals surface area contributed by atoms with Crippen molar-refractivity contribution in [3.05, 3.63) is 48.8 Å². The molecule has 0 saturated carbocycles. The molecule has 4 nitrogen and oxygen atoms in total. The molecule has 0 fully saturated rings. The molecule has 2 aromatic heterocycles. The first-order valence-electron chi connectivity index (χ1n) is 5.69. The fourth-order valence-corrected chi connectivity index (χ4v) is 1.85. The third-order valence-corrected chi connectivity index (χ3v) is 2.78. The maximum absolute atomic E-state index is 5.12. The summed E-state index contributed by atoms with van der Waals surface area (Å²) in [5.41, 5.74) is 2.87. The second-order valence-corrected chi connectivity index (χ2v) is 3.99. The summed E-state index contributed by atoms with van der Waals surface area (Å²) in [7, 11) is 1.66. The molecular weight excluding hydrogens is 226 g/mol. The highest BCUT2D eigenvalue weighted by Crippen LogP contribution is 2.21. The van der Waals surface area contributed by atoms with Crippen LogP contribution in [0.25, 0.3) is 11.0 Å². The molecule has 90 valence electrons. The fraction of sp³-hybridized carbons (Fsp3) is 0.0714. The number of anilines is 2. The molecular formula is C14H13N3O. The molecule has 0 aliphatic rings. The Hall–Kier alpha value is -2.49. The summed E-state index contributed by atoms with van der Waals surface area (Å²) < 4.78 is 5.12. The third kappa shape index (κ3) is 2.00. The van der Waals surface area contributed by atoms with Crippen molar-refractivity contribution in [1.82, 2.24) is 9.97 Å². The average molecular weight is 239 g/mol. The number of pyridine rings is 1. The van der Waals surface area contributed by atoms with E-state index in [1.165, 1.54) is 0 Å². The summed E-state index contributed by atoms with van der Waals surface area (Å²) in [6.07, 6.45) is 3.69. The van der Waals surface area contributed by atoms with Crippen molar-refractivity contribution in [2.75, 3.05) is 12.4 Å². The first-order chi connectivity index (χ1) is 8.85. The lowest BCUT2D eigenvalue weighted by molar-refractivity contribution is 0.415. The van der Waals surface area contributed by atoms with Crippen LogP contribution in [0.4, 0.5) is 11.4 Å². The van der Waals surface area contributed by atoms with Crippen LogP contribution in [0.3, 0.4) is 0 Å². The van der Waals surface area contributed by atoms with Crippen molar-refractivity contribution in [1.29, 1.82) is 0 Å². The number of benzene rings is 1. The quantitative estimate of drug-likeness (QED) is 0.737. The smallest absolute Gasteiger partial charge is 0.137 e. The van der Waals surface area contributed by atoms with Crippen LogP contribution in [0.5, 0.6) is 5.75 Å². The van der Waals surface area contributed by atoms with Gasteiger partial charge in [-0.05, 0) is 36.4 Å². The predicted molar refractivity (Wildman–Crippen MR) is 72.4 cm³/mol. The van der Waals surface area contributed by atoms with Crippen molar-refractivity contribution in [3.8, 4) is 5.75 Å². The van der Waals surface area contributed by atoms with Gasteiger partial charge in [0.2, 0.25) is 0 Å². The minimum Gasteiger partial charge on any atom is -0.497 e. The summed E-state index contributed by atoms with van der Waals surface area (Å²) in [6.45, 7) is 0. The number of hydrogen-bond acceptors (Lipinski definition) is 3. The Balaban J connectivity index is 1.85. The Bertz CT molecular complexity index is 658. The predicted octanol–water partition coefficient (Wildman–Crippen LogP) is 3.32. The van der Waals surface area contributed by atoms with E-state index in [0.717, 1.165) is 28.2 Å². The molecule has 0 radical (unpaired) electrons. The van der Waals surface area contributed by atoms with E-state index in [1.807, 2.05) is 42.7 Å². The summed E-state index contributed by atoms with van der Waals surface area (Å²) in [6, 6.07) is 11.8. The van der Waals surface area contributed by atoms with E-state index in [0.29, 0.717) is 0 Å². The number of aromatic amines is 1. The second kappa shape index (κ2) is 4.41. The number of fused-ring (bicyclic) bond motifs is 1. The number of methoxy groups -OCH3 is 1. The Labute approximate surface area is 105 Å². The number of hydrogen-bond donors (Lipinski definition) is 2. The van der Waals surface area contributed by atoms with E-state index in [-0.39, 0.29) is 0 Å². The zero-order chi connectivity index (χ0) is 12.4. The highest BCUT2D eigenvalue weighted by atomic mass is 16.5. The highest BCUT2D eigenvalue weighted by Gasteiger charge is 1.99. The Morgan fingerprint density at radius 2 is 1.94 bits per heavy atom. The van der Waals surface area contributed by atoms with Crippen LogP contribution in [0, 0.1) is 0 Å². The van der Waals surface area contributed by atoms with Crippen LogP contribution in [0.15, 0.2) is 48.8 Å². The van der Waals surface area contributed by atoms with Crippen LogP contribution in [-0.4, -0.2) is 17.1 Å². The molecule has 2 heterocycles. The van der Waals surface area contributed by atoms with E-state index < -0.39 is 0 Å². The standard InChI is InChI=1S/C14H13N3O/c1-18-13-4-2-11(3-5-13)17-12-8-10-6-7-15-14(10)16-9-12/h2-9,17H,1H3,(H,15,16). The molecule has 0 atom stereocenters. The van der Waals surface area contributed by atoms with Crippen LogP contribution in [0.1, 0.15) is 0 Å². The van der Waals surface area contributed by atoms with Crippen LogP contribution >= 0.6 is 0 Å². The fourth-order valence-electron chi connectivity index (χ4n) is 1.85. The maximum Gasteiger partial charge on any atom is 0.137 e. The zero-order valence-corrected chi connectivity index (χ0v) is 9.97. The van der Waals surface area contributed by atoms with Gasteiger partial charge in [-0.1, -0.05) is 0 Å². The molecule has 18 heavy (non-hydrogen) atoms. The van der Waals surface area contributed by atoms with Gasteiger partial charge < -0.3 is 15.0 Å². The number of ether oxygens (including phenoxy) is 1. The molecule has 0 aliphatic carbocycles. The average Bonchev–Trinajstić information content (AvgIpc) is 2.87. The molecule has 0 amide bonds. The van der Waals surface area contributed by atoms with Crippen molar-refractivity contribution in [3.63, 3.8) is 0 Å². The summed E-state index contributed by atoms with van der Waals surface area (Å²) in [4.78, 5) is 7.40. The molecule has 0 unspecified atom stereocenters. The molecule has 0 spiro atoms. The van der Waals surface area contributed by atoms with E-state index in [2.05, 4.69) is 21.4 Å². The van der Waals surface area contributed by atoms with Crippen molar-refractivity contribution >= 4 is 22.4 Å². The zero-order valence-electron chi connectivity index (χ0n) is 9.97. The lowest BCUT2D eigenvalue weighted by atomic mass is 10.2. The van der Waals surface area contributed by atoms with Crippen LogP contribution < -0.4 is 10.1 Å². The molecule has 4 heteroatoms. The minimum absolute atomic E-state index is 0.847. The van der Waals surface area contributed by atoms with Gasteiger partial charge in [-0.2, -0.15) is 0 Å². The van der Waals surface area contributed by atoms with Gasteiger partial charge in [0, 0.05) is 17.3 Å². The molecule has 0 bridgehead atoms. The molecule has 1 aromatic carbocycles. The lowest BCUT2D eigenvalue weighted by Crippen LogP contribution is -1.91.